The first-order valence-electron chi connectivity index (χ1n) is 2.87. The first-order chi connectivity index (χ1) is 4.88. The molecular formula is C7H4ClN2. The van der Waals surface area contributed by atoms with Crippen molar-refractivity contribution < 1.29 is 0 Å². The van der Waals surface area contributed by atoms with Gasteiger partial charge in [-0.25, -0.2) is 0 Å². The topological polar surface area (TPSA) is 28.7 Å². The molecule has 49 valence electrons. The minimum atomic E-state index is 0.686. The highest BCUT2D eigenvalue weighted by Gasteiger charge is 1.97. The van der Waals surface area contributed by atoms with Crippen molar-refractivity contribution in [3.8, 4) is 0 Å². The average molecular weight is 152 g/mol. The highest BCUT2D eigenvalue weighted by Crippen LogP contribution is 2.17. The molecule has 2 heterocycles. The Hall–Kier alpha value is -1.02. The van der Waals surface area contributed by atoms with E-state index in [2.05, 4.69) is 16.0 Å². The molecule has 0 aliphatic rings. The van der Waals surface area contributed by atoms with Gasteiger partial charge in [-0.2, -0.15) is 0 Å². The first-order valence-corrected chi connectivity index (χ1v) is 3.25. The van der Waals surface area contributed by atoms with Crippen LogP contribution in [0.25, 0.3) is 11.0 Å². The number of halogens is 1. The van der Waals surface area contributed by atoms with Gasteiger partial charge in [-0.15, -0.1) is 0 Å². The molecule has 3 heteroatoms. The summed E-state index contributed by atoms with van der Waals surface area (Å²) >= 11 is 5.81. The van der Waals surface area contributed by atoms with Crippen LogP contribution in [0.1, 0.15) is 0 Å². The highest BCUT2D eigenvalue weighted by atomic mass is 35.5. The maximum absolute atomic E-state index is 5.81. The molecule has 2 aromatic rings. The second kappa shape index (κ2) is 1.99. The largest absolute Gasteiger partial charge is 0.358 e. The molecule has 2 aromatic heterocycles. The number of rotatable bonds is 0. The van der Waals surface area contributed by atoms with E-state index >= 15 is 0 Å². The fourth-order valence-electron chi connectivity index (χ4n) is 0.862. The third-order valence-electron chi connectivity index (χ3n) is 1.33. The van der Waals surface area contributed by atoms with Crippen LogP contribution in [0.5, 0.6) is 0 Å². The maximum atomic E-state index is 5.81. The fraction of sp³-hybridized carbons (Fsp3) is 0. The van der Waals surface area contributed by atoms with Gasteiger partial charge in [-0.1, -0.05) is 11.6 Å². The second-order valence-electron chi connectivity index (χ2n) is 1.95. The van der Waals surface area contributed by atoms with E-state index in [1.807, 2.05) is 0 Å². The predicted octanol–water partition coefficient (Wildman–Crippen LogP) is 2.02. The highest BCUT2D eigenvalue weighted by molar-refractivity contribution is 6.34. The van der Waals surface area contributed by atoms with Gasteiger partial charge >= 0.3 is 0 Å². The minimum Gasteiger partial charge on any atom is -0.358 e. The van der Waals surface area contributed by atoms with Crippen LogP contribution < -0.4 is 0 Å². The minimum absolute atomic E-state index is 0.686. The molecule has 0 amide bonds. The van der Waals surface area contributed by atoms with Crippen molar-refractivity contribution in [2.75, 3.05) is 0 Å². The van der Waals surface area contributed by atoms with E-state index in [4.69, 9.17) is 11.6 Å². The molecule has 0 bridgehead atoms. The van der Waals surface area contributed by atoms with E-state index in [-0.39, 0.29) is 0 Å². The Balaban J connectivity index is 2.95. The zero-order valence-corrected chi connectivity index (χ0v) is 5.81. The van der Waals surface area contributed by atoms with Crippen molar-refractivity contribution in [2.45, 2.75) is 0 Å². The molecular weight excluding hydrogens is 148 g/mol. The molecule has 0 aliphatic heterocycles. The monoisotopic (exact) mass is 151 g/mol. The van der Waals surface area contributed by atoms with Crippen LogP contribution >= 0.6 is 11.6 Å². The van der Waals surface area contributed by atoms with E-state index in [0.29, 0.717) is 5.02 Å². The number of aromatic nitrogens is 2. The smallest absolute Gasteiger partial charge is 0.0973 e. The summed E-state index contributed by atoms with van der Waals surface area (Å²) in [4.78, 5) is 6.97. The van der Waals surface area contributed by atoms with Crippen LogP contribution in [-0.4, -0.2) is 9.97 Å². The molecule has 0 unspecified atom stereocenters. The van der Waals surface area contributed by atoms with E-state index in [0.717, 1.165) is 11.0 Å². The molecule has 2 rings (SSSR count). The molecule has 2 nitrogen and oxygen atoms in total. The van der Waals surface area contributed by atoms with Crippen molar-refractivity contribution in [1.29, 1.82) is 0 Å². The van der Waals surface area contributed by atoms with Crippen LogP contribution in [0.15, 0.2) is 18.5 Å². The van der Waals surface area contributed by atoms with Crippen LogP contribution in [0.2, 0.25) is 5.02 Å². The zero-order chi connectivity index (χ0) is 6.97. The Kier molecular flexibility index (Phi) is 1.14. The molecule has 1 N–H and O–H groups in total. The number of H-pyrrole nitrogens is 1. The Labute approximate surface area is 62.8 Å². The number of nitrogens with one attached hydrogen (secondary N) is 1. The standard InChI is InChI=1S/C7H4ClN2/c8-5-1-3-9-6-2-4-10-7(5)6/h1,3-4,10H. The quantitative estimate of drug-likeness (QED) is 0.613. The number of aromatic amines is 1. The normalized spacial score (nSPS) is 10.5. The van der Waals surface area contributed by atoms with E-state index < -0.39 is 0 Å². The summed E-state index contributed by atoms with van der Waals surface area (Å²) in [5.41, 5.74) is 1.64. The van der Waals surface area contributed by atoms with Gasteiger partial charge in [-0.3, -0.25) is 4.98 Å². The van der Waals surface area contributed by atoms with Crippen LogP contribution in [0.4, 0.5) is 0 Å². The van der Waals surface area contributed by atoms with E-state index in [1.54, 1.807) is 18.5 Å². The Morgan fingerprint density at radius 3 is 3.30 bits per heavy atom. The molecule has 0 aliphatic carbocycles. The van der Waals surface area contributed by atoms with Gasteiger partial charge in [0.25, 0.3) is 0 Å². The van der Waals surface area contributed by atoms with Crippen molar-refractivity contribution in [3.05, 3.63) is 29.5 Å². The number of pyridine rings is 1. The SMILES string of the molecule is Clc1ccnc2[c]c[nH]c12. The summed E-state index contributed by atoms with van der Waals surface area (Å²) < 4.78 is 0. The summed E-state index contributed by atoms with van der Waals surface area (Å²) in [5, 5.41) is 0.686. The molecule has 10 heavy (non-hydrogen) atoms. The van der Waals surface area contributed by atoms with Gasteiger partial charge in [0.2, 0.25) is 0 Å². The molecule has 0 saturated carbocycles. The van der Waals surface area contributed by atoms with Crippen LogP contribution in [0, 0.1) is 6.07 Å². The van der Waals surface area contributed by atoms with Crippen LogP contribution in [-0.2, 0) is 0 Å². The lowest BCUT2D eigenvalue weighted by molar-refractivity contribution is 1.41. The van der Waals surface area contributed by atoms with Gasteiger partial charge in [0, 0.05) is 18.5 Å². The fourth-order valence-corrected chi connectivity index (χ4v) is 1.06. The second-order valence-corrected chi connectivity index (χ2v) is 2.36. The van der Waals surface area contributed by atoms with Gasteiger partial charge in [0.1, 0.15) is 0 Å². The lowest BCUT2D eigenvalue weighted by atomic mass is 10.4. The summed E-state index contributed by atoms with van der Waals surface area (Å²) in [7, 11) is 0. The number of fused-ring (bicyclic) bond motifs is 1. The van der Waals surface area contributed by atoms with Crippen LogP contribution in [0.3, 0.4) is 0 Å². The maximum Gasteiger partial charge on any atom is 0.0973 e. The zero-order valence-electron chi connectivity index (χ0n) is 5.06. The molecule has 0 saturated heterocycles. The van der Waals surface area contributed by atoms with Crippen molar-refractivity contribution in [2.24, 2.45) is 0 Å². The average Bonchev–Trinajstić information content (AvgIpc) is 2.36. The van der Waals surface area contributed by atoms with Gasteiger partial charge in [0.15, 0.2) is 0 Å². The molecule has 0 spiro atoms. The number of hydrogen-bond donors (Lipinski definition) is 1. The Morgan fingerprint density at radius 2 is 2.50 bits per heavy atom. The third kappa shape index (κ3) is 0.693. The van der Waals surface area contributed by atoms with Gasteiger partial charge in [-0.05, 0) is 6.07 Å². The third-order valence-corrected chi connectivity index (χ3v) is 1.64. The van der Waals surface area contributed by atoms with Crippen molar-refractivity contribution >= 4 is 22.6 Å². The summed E-state index contributed by atoms with van der Waals surface area (Å²) in [6.45, 7) is 0. The lowest BCUT2D eigenvalue weighted by Gasteiger charge is -1.89. The predicted molar refractivity (Wildman–Crippen MR) is 39.9 cm³/mol. The molecule has 1 radical (unpaired) electrons. The van der Waals surface area contributed by atoms with Crippen molar-refractivity contribution in [3.63, 3.8) is 0 Å². The van der Waals surface area contributed by atoms with Gasteiger partial charge < -0.3 is 4.98 Å². The first kappa shape index (κ1) is 5.74. The summed E-state index contributed by atoms with van der Waals surface area (Å²) in [6.07, 6.45) is 3.36. The van der Waals surface area contributed by atoms with E-state index in [1.165, 1.54) is 0 Å². The Bertz CT molecular complexity index is 353. The summed E-state index contributed by atoms with van der Waals surface area (Å²) in [6, 6.07) is 4.65. The number of nitrogens with zero attached hydrogens (tertiary/aromatic N) is 1. The Morgan fingerprint density at radius 1 is 1.60 bits per heavy atom. The number of hydrogen-bond acceptors (Lipinski definition) is 1. The summed E-state index contributed by atoms with van der Waals surface area (Å²) in [5.74, 6) is 0. The molecule has 0 aromatic carbocycles. The van der Waals surface area contributed by atoms with E-state index in [9.17, 15) is 0 Å². The molecule has 0 atom stereocenters. The molecule has 0 fully saturated rings. The van der Waals surface area contributed by atoms with Gasteiger partial charge in [0.05, 0.1) is 16.1 Å². The van der Waals surface area contributed by atoms with Crippen molar-refractivity contribution in [1.82, 2.24) is 9.97 Å². The lowest BCUT2D eigenvalue weighted by Crippen LogP contribution is -1.73.